The molecule has 0 radical (unpaired) electrons. The van der Waals surface area contributed by atoms with Gasteiger partial charge < -0.3 is 4.74 Å². The Kier molecular flexibility index (Phi) is 6.47. The second kappa shape index (κ2) is 8.18. The molecule has 0 aliphatic heterocycles. The van der Waals surface area contributed by atoms with Gasteiger partial charge in [0.15, 0.2) is 0 Å². The molecule has 2 unspecified atom stereocenters. The Balaban J connectivity index is 1.80. The highest BCUT2D eigenvalue weighted by molar-refractivity contribution is 5.87. The van der Waals surface area contributed by atoms with Gasteiger partial charge in [-0.3, -0.25) is 4.89 Å². The molecule has 206 valence electrons. The first-order chi connectivity index (χ1) is 16.0. The van der Waals surface area contributed by atoms with Gasteiger partial charge in [0.1, 0.15) is 11.2 Å². The molecule has 36 heavy (non-hydrogen) atoms. The molecule has 0 spiro atoms. The van der Waals surface area contributed by atoms with Crippen molar-refractivity contribution in [2.45, 2.75) is 86.5 Å². The summed E-state index contributed by atoms with van der Waals surface area (Å²) in [5.74, 6) is -34.7. The fraction of sp³-hybridized carbons (Fsp3) is 0.800. The molecule has 0 aromatic heterocycles. The van der Waals surface area contributed by atoms with Crippen LogP contribution >= 0.6 is 0 Å². The highest BCUT2D eigenvalue weighted by Gasteiger charge is 2.89. The topological polar surface area (TPSA) is 61.8 Å². The number of ether oxygens (including phenoxy) is 1. The second-order valence-electron chi connectivity index (χ2n) is 9.75. The third-order valence-electron chi connectivity index (χ3n) is 6.70. The summed E-state index contributed by atoms with van der Waals surface area (Å²) in [4.78, 5) is 32.1. The molecular weight excluding hydrogens is 529 g/mol. The number of carbonyl (C=O) groups is 2. The van der Waals surface area contributed by atoms with Gasteiger partial charge in [0.2, 0.25) is 0 Å². The molecule has 5 nitrogen and oxygen atoms in total. The van der Waals surface area contributed by atoms with Gasteiger partial charge in [-0.2, -0.15) is 53.2 Å². The lowest BCUT2D eigenvalue weighted by Crippen LogP contribution is -2.68. The lowest BCUT2D eigenvalue weighted by Gasteiger charge is -2.59. The predicted octanol–water partition coefficient (Wildman–Crippen LogP) is 5.78. The molecule has 4 aliphatic carbocycles. The average molecular weight is 548 g/mol. The van der Waals surface area contributed by atoms with Crippen molar-refractivity contribution in [1.29, 1.82) is 0 Å². The molecule has 4 fully saturated rings. The van der Waals surface area contributed by atoms with Crippen LogP contribution in [0, 0.1) is 11.8 Å². The minimum Gasteiger partial charge on any atom is -0.456 e. The Morgan fingerprint density at radius 1 is 0.778 bits per heavy atom. The minimum atomic E-state index is -7.75. The smallest absolute Gasteiger partial charge is 0.456 e. The quantitative estimate of drug-likeness (QED) is 0.127. The molecule has 0 saturated heterocycles. The van der Waals surface area contributed by atoms with Crippen LogP contribution in [0.1, 0.15) is 45.4 Å². The summed E-state index contributed by atoms with van der Waals surface area (Å²) in [6.45, 7) is 4.76. The molecule has 0 aromatic carbocycles. The third kappa shape index (κ3) is 4.22. The Hall–Kier alpha value is -2.13. The van der Waals surface area contributed by atoms with Gasteiger partial charge in [0.25, 0.3) is 0 Å². The normalized spacial score (nSPS) is 30.8. The first-order valence-corrected chi connectivity index (χ1v) is 10.4. The predicted molar refractivity (Wildman–Crippen MR) is 94.1 cm³/mol. The third-order valence-corrected chi connectivity index (χ3v) is 6.70. The number of carbonyl (C=O) groups excluding carboxylic acids is 2. The zero-order valence-corrected chi connectivity index (χ0v) is 18.3. The molecular formula is C20H19F11O5. The summed E-state index contributed by atoms with van der Waals surface area (Å²) >= 11 is 0. The number of halogens is 11. The van der Waals surface area contributed by atoms with Crippen molar-refractivity contribution in [2.24, 2.45) is 11.8 Å². The maximum atomic E-state index is 13.9. The number of alkyl halides is 11. The highest BCUT2D eigenvalue weighted by atomic mass is 19.4. The Labute approximate surface area is 195 Å². The van der Waals surface area contributed by atoms with E-state index in [0.717, 1.165) is 0 Å². The molecule has 2 atom stereocenters. The maximum absolute atomic E-state index is 13.9. The van der Waals surface area contributed by atoms with E-state index in [1.54, 1.807) is 0 Å². The second-order valence-corrected chi connectivity index (χ2v) is 9.75. The van der Waals surface area contributed by atoms with E-state index in [0.29, 0.717) is 19.3 Å². The van der Waals surface area contributed by atoms with E-state index in [1.165, 1.54) is 6.92 Å². The highest BCUT2D eigenvalue weighted by Crippen LogP contribution is 2.61. The van der Waals surface area contributed by atoms with E-state index >= 15 is 0 Å². The van der Waals surface area contributed by atoms with E-state index in [1.807, 2.05) is 0 Å². The minimum absolute atomic E-state index is 0.00653. The van der Waals surface area contributed by atoms with E-state index in [2.05, 4.69) is 16.4 Å². The Morgan fingerprint density at radius 2 is 1.25 bits per heavy atom. The van der Waals surface area contributed by atoms with Gasteiger partial charge in [0, 0.05) is 12.0 Å². The van der Waals surface area contributed by atoms with Crippen LogP contribution in [0.2, 0.25) is 0 Å². The molecule has 16 heteroatoms. The van der Waals surface area contributed by atoms with E-state index < -0.39 is 53.0 Å². The molecule has 4 rings (SSSR count). The fourth-order valence-electron chi connectivity index (χ4n) is 5.48. The van der Waals surface area contributed by atoms with Crippen LogP contribution in [0.3, 0.4) is 0 Å². The lowest BCUT2D eigenvalue weighted by molar-refractivity contribution is -0.427. The molecule has 0 N–H and O–H groups in total. The number of hydrogen-bond donors (Lipinski definition) is 0. The monoisotopic (exact) mass is 548 g/mol. The summed E-state index contributed by atoms with van der Waals surface area (Å²) in [5.41, 5.74) is -2.88. The lowest BCUT2D eigenvalue weighted by atomic mass is 9.52. The van der Waals surface area contributed by atoms with Crippen molar-refractivity contribution >= 4 is 11.9 Å². The van der Waals surface area contributed by atoms with E-state index in [9.17, 15) is 57.9 Å². The maximum Gasteiger partial charge on any atom is 0.460 e. The number of rotatable bonds is 8. The van der Waals surface area contributed by atoms with Gasteiger partial charge in [0.05, 0.1) is 0 Å². The zero-order valence-electron chi connectivity index (χ0n) is 18.3. The van der Waals surface area contributed by atoms with Crippen LogP contribution in [-0.2, 0) is 24.1 Å². The van der Waals surface area contributed by atoms with Crippen molar-refractivity contribution in [2.75, 3.05) is 0 Å². The molecule has 0 aromatic rings. The van der Waals surface area contributed by atoms with Crippen LogP contribution in [0.25, 0.3) is 0 Å². The van der Waals surface area contributed by atoms with Crippen molar-refractivity contribution in [3.8, 4) is 0 Å². The summed E-state index contributed by atoms with van der Waals surface area (Å²) in [6, 6.07) is 0. The van der Waals surface area contributed by atoms with E-state index in [-0.39, 0.29) is 36.7 Å². The Morgan fingerprint density at radius 3 is 1.69 bits per heavy atom. The van der Waals surface area contributed by atoms with Crippen molar-refractivity contribution in [3.63, 3.8) is 0 Å². The summed E-state index contributed by atoms with van der Waals surface area (Å²) < 4.78 is 150. The largest absolute Gasteiger partial charge is 0.460 e. The molecule has 4 aliphatic rings. The average Bonchev–Trinajstić information content (AvgIpc) is 2.69. The van der Waals surface area contributed by atoms with Gasteiger partial charge >= 0.3 is 41.8 Å². The van der Waals surface area contributed by atoms with Crippen LogP contribution in [0.4, 0.5) is 48.3 Å². The van der Waals surface area contributed by atoms with Crippen LogP contribution < -0.4 is 0 Å². The van der Waals surface area contributed by atoms with Gasteiger partial charge in [-0.25, -0.2) is 9.59 Å². The summed E-state index contributed by atoms with van der Waals surface area (Å²) in [5, 5.41) is 0. The van der Waals surface area contributed by atoms with E-state index in [4.69, 9.17) is 4.74 Å². The molecule has 4 bridgehead atoms. The SMILES string of the molecule is C=C(C)C(=O)OC12CC3CC(CC(OOC(=O)C(F)(F)C(F)(F)C(F)(F)C(F)(F)C(F)(F)F)(C3)C1)C2. The first-order valence-electron chi connectivity index (χ1n) is 10.4. The fourth-order valence-corrected chi connectivity index (χ4v) is 5.48. The van der Waals surface area contributed by atoms with Gasteiger partial charge in [-0.15, -0.1) is 0 Å². The Bertz CT molecular complexity index is 929. The summed E-state index contributed by atoms with van der Waals surface area (Å²) in [6.07, 6.45) is -6.48. The number of esters is 1. The molecule has 0 amide bonds. The van der Waals surface area contributed by atoms with Gasteiger partial charge in [-0.1, -0.05) is 6.58 Å². The van der Waals surface area contributed by atoms with Crippen LogP contribution in [0.5, 0.6) is 0 Å². The van der Waals surface area contributed by atoms with Gasteiger partial charge in [-0.05, 0) is 50.9 Å². The molecule has 4 saturated carbocycles. The van der Waals surface area contributed by atoms with Crippen molar-refractivity contribution in [1.82, 2.24) is 0 Å². The van der Waals surface area contributed by atoms with Crippen LogP contribution in [-0.4, -0.2) is 53.0 Å². The van der Waals surface area contributed by atoms with Crippen LogP contribution in [0.15, 0.2) is 12.2 Å². The standard InChI is InChI=1S/C20H19F11O5/c1-9(2)12(32)34-14-4-10-3-11(5-14)7-15(6-10,8-14)36-35-13(33)16(21,22)17(23,24)18(25,26)19(27,28)20(29,30)31/h10-11H,1,3-8H2,2H3. The van der Waals surface area contributed by atoms with Crippen molar-refractivity contribution in [3.05, 3.63) is 12.2 Å². The van der Waals surface area contributed by atoms with Crippen molar-refractivity contribution < 1.29 is 72.4 Å². The number of hydrogen-bond acceptors (Lipinski definition) is 5. The first kappa shape index (κ1) is 28.4. The molecule has 0 heterocycles. The zero-order chi connectivity index (χ0) is 27.8. The summed E-state index contributed by atoms with van der Waals surface area (Å²) in [7, 11) is 0.